The SMILES string of the molecule is Cc1nc(C2(NC(=O)C3CC3C(=O)O)CCC2)no1. The highest BCUT2D eigenvalue weighted by Gasteiger charge is 2.52. The van der Waals surface area contributed by atoms with E-state index in [1.807, 2.05) is 0 Å². The number of carbonyl (C=O) groups excluding carboxylic acids is 1. The molecule has 1 aromatic rings. The van der Waals surface area contributed by atoms with Gasteiger partial charge in [0.15, 0.2) is 5.82 Å². The summed E-state index contributed by atoms with van der Waals surface area (Å²) in [6.45, 7) is 1.70. The summed E-state index contributed by atoms with van der Waals surface area (Å²) in [7, 11) is 0. The van der Waals surface area contributed by atoms with E-state index in [0.29, 0.717) is 18.1 Å². The largest absolute Gasteiger partial charge is 0.481 e. The first kappa shape index (κ1) is 12.1. The molecule has 2 N–H and O–H groups in total. The van der Waals surface area contributed by atoms with Crippen molar-refractivity contribution in [1.29, 1.82) is 0 Å². The lowest BCUT2D eigenvalue weighted by Gasteiger charge is -2.39. The number of nitrogens with zero attached hydrogens (tertiary/aromatic N) is 2. The fraction of sp³-hybridized carbons (Fsp3) is 0.667. The van der Waals surface area contributed by atoms with E-state index in [0.717, 1.165) is 19.3 Å². The van der Waals surface area contributed by atoms with Gasteiger partial charge in [0, 0.05) is 6.92 Å². The lowest BCUT2D eigenvalue weighted by atomic mass is 9.76. The fourth-order valence-electron chi connectivity index (χ4n) is 2.51. The number of hydrogen-bond donors (Lipinski definition) is 2. The van der Waals surface area contributed by atoms with Gasteiger partial charge in [0.2, 0.25) is 11.8 Å². The van der Waals surface area contributed by atoms with Crippen molar-refractivity contribution in [3.63, 3.8) is 0 Å². The maximum atomic E-state index is 12.0. The molecule has 2 aliphatic carbocycles. The molecule has 2 fully saturated rings. The molecule has 1 heterocycles. The average molecular weight is 265 g/mol. The highest BCUT2D eigenvalue weighted by atomic mass is 16.5. The molecule has 0 spiro atoms. The number of nitrogens with one attached hydrogen (secondary N) is 1. The number of rotatable bonds is 4. The molecular weight excluding hydrogens is 250 g/mol. The summed E-state index contributed by atoms with van der Waals surface area (Å²) < 4.78 is 4.96. The van der Waals surface area contributed by atoms with Crippen LogP contribution in [0.5, 0.6) is 0 Å². The van der Waals surface area contributed by atoms with Gasteiger partial charge in [-0.15, -0.1) is 0 Å². The second-order valence-electron chi connectivity index (χ2n) is 5.35. The van der Waals surface area contributed by atoms with Crippen molar-refractivity contribution >= 4 is 11.9 Å². The van der Waals surface area contributed by atoms with Gasteiger partial charge < -0.3 is 14.9 Å². The number of amides is 1. The van der Waals surface area contributed by atoms with Crippen molar-refractivity contribution in [3.05, 3.63) is 11.7 Å². The first-order valence-corrected chi connectivity index (χ1v) is 6.37. The van der Waals surface area contributed by atoms with Crippen LogP contribution >= 0.6 is 0 Å². The number of aliphatic carboxylic acids is 1. The summed E-state index contributed by atoms with van der Waals surface area (Å²) in [4.78, 5) is 27.0. The molecule has 2 unspecified atom stereocenters. The Kier molecular flexibility index (Phi) is 2.58. The smallest absolute Gasteiger partial charge is 0.307 e. The molecule has 1 aromatic heterocycles. The monoisotopic (exact) mass is 265 g/mol. The van der Waals surface area contributed by atoms with Gasteiger partial charge in [-0.2, -0.15) is 4.98 Å². The van der Waals surface area contributed by atoms with Gasteiger partial charge in [-0.1, -0.05) is 5.16 Å². The van der Waals surface area contributed by atoms with Crippen molar-refractivity contribution < 1.29 is 19.2 Å². The minimum Gasteiger partial charge on any atom is -0.481 e. The summed E-state index contributed by atoms with van der Waals surface area (Å²) in [5.41, 5.74) is -0.555. The molecule has 0 saturated heterocycles. The van der Waals surface area contributed by atoms with E-state index in [4.69, 9.17) is 9.63 Å². The Balaban J connectivity index is 1.71. The highest BCUT2D eigenvalue weighted by Crippen LogP contribution is 2.43. The zero-order chi connectivity index (χ0) is 13.6. The summed E-state index contributed by atoms with van der Waals surface area (Å²) >= 11 is 0. The number of aromatic nitrogens is 2. The summed E-state index contributed by atoms with van der Waals surface area (Å²) in [6.07, 6.45) is 2.94. The van der Waals surface area contributed by atoms with Crippen molar-refractivity contribution in [2.75, 3.05) is 0 Å². The van der Waals surface area contributed by atoms with Crippen molar-refractivity contribution in [2.24, 2.45) is 11.8 Å². The van der Waals surface area contributed by atoms with E-state index in [2.05, 4.69) is 15.5 Å². The maximum absolute atomic E-state index is 12.0. The van der Waals surface area contributed by atoms with Crippen LogP contribution in [-0.2, 0) is 15.1 Å². The molecular formula is C12H15N3O4. The molecule has 7 nitrogen and oxygen atoms in total. The molecule has 0 bridgehead atoms. The molecule has 0 radical (unpaired) electrons. The van der Waals surface area contributed by atoms with Gasteiger partial charge in [0.25, 0.3) is 0 Å². The fourth-order valence-corrected chi connectivity index (χ4v) is 2.51. The molecule has 102 valence electrons. The van der Waals surface area contributed by atoms with Crippen LogP contribution in [0, 0.1) is 18.8 Å². The third kappa shape index (κ3) is 1.98. The van der Waals surface area contributed by atoms with E-state index >= 15 is 0 Å². The maximum Gasteiger partial charge on any atom is 0.307 e. The summed E-state index contributed by atoms with van der Waals surface area (Å²) in [5, 5.41) is 15.6. The molecule has 19 heavy (non-hydrogen) atoms. The second kappa shape index (κ2) is 4.04. The second-order valence-corrected chi connectivity index (χ2v) is 5.35. The highest BCUT2D eigenvalue weighted by molar-refractivity contribution is 5.89. The van der Waals surface area contributed by atoms with Gasteiger partial charge in [-0.05, 0) is 25.7 Å². The Hall–Kier alpha value is -1.92. The Labute approximate surface area is 109 Å². The van der Waals surface area contributed by atoms with Gasteiger partial charge in [-0.3, -0.25) is 9.59 Å². The molecule has 0 aromatic carbocycles. The van der Waals surface area contributed by atoms with Crippen LogP contribution in [-0.4, -0.2) is 27.1 Å². The minimum atomic E-state index is -0.904. The first-order valence-electron chi connectivity index (χ1n) is 6.37. The van der Waals surface area contributed by atoms with E-state index < -0.39 is 23.3 Å². The Morgan fingerprint density at radius 1 is 1.42 bits per heavy atom. The topological polar surface area (TPSA) is 105 Å². The van der Waals surface area contributed by atoms with Gasteiger partial charge in [0.1, 0.15) is 5.54 Å². The number of aryl methyl sites for hydroxylation is 1. The van der Waals surface area contributed by atoms with Crippen molar-refractivity contribution in [1.82, 2.24) is 15.5 Å². The van der Waals surface area contributed by atoms with Crippen LogP contribution in [0.4, 0.5) is 0 Å². The van der Waals surface area contributed by atoms with Crippen LogP contribution in [0.3, 0.4) is 0 Å². The number of hydrogen-bond acceptors (Lipinski definition) is 5. The van der Waals surface area contributed by atoms with Gasteiger partial charge >= 0.3 is 5.97 Å². The van der Waals surface area contributed by atoms with E-state index in [1.54, 1.807) is 6.92 Å². The molecule has 3 rings (SSSR count). The molecule has 1 amide bonds. The lowest BCUT2D eigenvalue weighted by molar-refractivity contribution is -0.140. The molecule has 7 heteroatoms. The Bertz CT molecular complexity index is 535. The average Bonchev–Trinajstić information content (AvgIpc) is 3.01. The van der Waals surface area contributed by atoms with E-state index in [-0.39, 0.29) is 5.91 Å². The predicted molar refractivity (Wildman–Crippen MR) is 61.9 cm³/mol. The summed E-state index contributed by atoms with van der Waals surface area (Å²) in [6, 6.07) is 0. The van der Waals surface area contributed by atoms with Crippen molar-refractivity contribution in [2.45, 2.75) is 38.1 Å². The molecule has 2 atom stereocenters. The summed E-state index contributed by atoms with van der Waals surface area (Å²) in [5.74, 6) is -1.11. The minimum absolute atomic E-state index is 0.213. The zero-order valence-electron chi connectivity index (χ0n) is 10.5. The van der Waals surface area contributed by atoms with Crippen LogP contribution in [0.15, 0.2) is 4.52 Å². The third-order valence-electron chi connectivity index (χ3n) is 3.97. The molecule has 0 aliphatic heterocycles. The third-order valence-corrected chi connectivity index (χ3v) is 3.97. The van der Waals surface area contributed by atoms with Gasteiger partial charge in [-0.25, -0.2) is 0 Å². The number of carbonyl (C=O) groups is 2. The zero-order valence-corrected chi connectivity index (χ0v) is 10.5. The van der Waals surface area contributed by atoms with E-state index in [9.17, 15) is 9.59 Å². The standard InChI is InChI=1S/C12H15N3O4/c1-6-13-11(15-19-6)12(3-2-4-12)14-9(16)7-5-8(7)10(17)18/h7-8H,2-5H2,1H3,(H,14,16)(H,17,18). The van der Waals surface area contributed by atoms with Crippen LogP contribution < -0.4 is 5.32 Å². The van der Waals surface area contributed by atoms with Crippen LogP contribution in [0.2, 0.25) is 0 Å². The number of carboxylic acid groups (broad SMARTS) is 1. The molecule has 2 saturated carbocycles. The predicted octanol–water partition coefficient (Wildman–Crippen LogP) is 0.594. The normalized spacial score (nSPS) is 27.4. The number of carboxylic acids is 1. The Morgan fingerprint density at radius 2 is 2.16 bits per heavy atom. The van der Waals surface area contributed by atoms with Crippen LogP contribution in [0.1, 0.15) is 37.4 Å². The van der Waals surface area contributed by atoms with Crippen molar-refractivity contribution in [3.8, 4) is 0 Å². The van der Waals surface area contributed by atoms with Gasteiger partial charge in [0.05, 0.1) is 11.8 Å². The van der Waals surface area contributed by atoms with E-state index in [1.165, 1.54) is 0 Å². The quantitative estimate of drug-likeness (QED) is 0.825. The molecule has 2 aliphatic rings. The Morgan fingerprint density at radius 3 is 2.58 bits per heavy atom. The lowest BCUT2D eigenvalue weighted by Crippen LogP contribution is -2.52. The first-order chi connectivity index (χ1) is 9.02. The van der Waals surface area contributed by atoms with Crippen LogP contribution in [0.25, 0.3) is 0 Å².